The van der Waals surface area contributed by atoms with Crippen LogP contribution in [-0.2, 0) is 15.7 Å². The van der Waals surface area contributed by atoms with Crippen LogP contribution in [-0.4, -0.2) is 35.3 Å². The zero-order valence-corrected chi connectivity index (χ0v) is 16.2. The van der Waals surface area contributed by atoms with Crippen LogP contribution >= 0.6 is 24.0 Å². The normalized spacial score (nSPS) is 20.0. The van der Waals surface area contributed by atoms with E-state index in [1.54, 1.807) is 6.20 Å². The quantitative estimate of drug-likeness (QED) is 0.819. The second-order valence-electron chi connectivity index (χ2n) is 7.20. The van der Waals surface area contributed by atoms with Gasteiger partial charge in [0.25, 0.3) is 0 Å². The number of nitrogens with one attached hydrogen (secondary N) is 2. The third-order valence-corrected chi connectivity index (χ3v) is 5.95. The highest BCUT2D eigenvalue weighted by Gasteiger charge is 2.47. The molecular weight excluding hydrogens is 371 g/mol. The van der Waals surface area contributed by atoms with Gasteiger partial charge in [-0.15, -0.1) is 12.4 Å². The Kier molecular flexibility index (Phi) is 5.61. The van der Waals surface area contributed by atoms with Crippen molar-refractivity contribution < 1.29 is 4.79 Å². The third kappa shape index (κ3) is 3.48. The van der Waals surface area contributed by atoms with Crippen molar-refractivity contribution in [3.05, 3.63) is 53.3 Å². The molecule has 140 valence electrons. The van der Waals surface area contributed by atoms with E-state index in [-0.39, 0.29) is 23.7 Å². The Balaban J connectivity index is 0.00000196. The summed E-state index contributed by atoms with van der Waals surface area (Å²) in [5.41, 5.74) is 0.749. The number of amides is 1. The highest BCUT2D eigenvalue weighted by atomic mass is 35.5. The van der Waals surface area contributed by atoms with E-state index < -0.39 is 5.54 Å². The van der Waals surface area contributed by atoms with Gasteiger partial charge in [-0.3, -0.25) is 9.48 Å². The van der Waals surface area contributed by atoms with E-state index in [1.165, 1.54) is 5.56 Å². The average Bonchev–Trinajstić information content (AvgIpc) is 3.23. The van der Waals surface area contributed by atoms with Crippen molar-refractivity contribution in [2.45, 2.75) is 36.6 Å². The van der Waals surface area contributed by atoms with Crippen LogP contribution in [0, 0.1) is 0 Å². The van der Waals surface area contributed by atoms with Gasteiger partial charge in [0.05, 0.1) is 0 Å². The van der Waals surface area contributed by atoms with Crippen LogP contribution in [0.25, 0.3) is 0 Å². The predicted octanol–water partition coefficient (Wildman–Crippen LogP) is 2.89. The van der Waals surface area contributed by atoms with Gasteiger partial charge < -0.3 is 10.6 Å². The third-order valence-electron chi connectivity index (χ3n) is 5.69. The molecule has 0 radical (unpaired) electrons. The van der Waals surface area contributed by atoms with Gasteiger partial charge in [0.2, 0.25) is 5.91 Å². The van der Waals surface area contributed by atoms with Crippen LogP contribution in [0.4, 0.5) is 0 Å². The number of benzene rings is 1. The zero-order valence-electron chi connectivity index (χ0n) is 14.6. The lowest BCUT2D eigenvalue weighted by atomic mass is 9.87. The Morgan fingerprint density at radius 2 is 1.88 bits per heavy atom. The smallest absolute Gasteiger partial charge is 0.248 e. The van der Waals surface area contributed by atoms with Gasteiger partial charge in [-0.1, -0.05) is 23.7 Å². The van der Waals surface area contributed by atoms with Crippen molar-refractivity contribution in [3.8, 4) is 0 Å². The number of carbonyl (C=O) groups excluding carboxylic acids is 1. The van der Waals surface area contributed by atoms with Crippen LogP contribution < -0.4 is 10.6 Å². The molecule has 0 atom stereocenters. The second kappa shape index (κ2) is 7.59. The molecule has 2 heterocycles. The summed E-state index contributed by atoms with van der Waals surface area (Å²) in [5, 5.41) is 11.7. The highest BCUT2D eigenvalue weighted by Crippen LogP contribution is 2.48. The largest absolute Gasteiger partial charge is 0.353 e. The van der Waals surface area contributed by atoms with E-state index in [4.69, 9.17) is 11.6 Å². The molecule has 1 amide bonds. The number of piperidine rings is 1. The van der Waals surface area contributed by atoms with E-state index >= 15 is 0 Å². The number of rotatable bonds is 5. The molecule has 0 bridgehead atoms. The number of nitrogens with zero attached hydrogens (tertiary/aromatic N) is 2. The second-order valence-corrected chi connectivity index (χ2v) is 7.64. The summed E-state index contributed by atoms with van der Waals surface area (Å²) in [7, 11) is 0. The molecule has 1 aromatic carbocycles. The molecule has 4 rings (SSSR count). The SMILES string of the molecule is Cl.O=C(NCC1(c2ccc(Cl)cc2)CC1)C1(n2cccn2)CCNCC1. The van der Waals surface area contributed by atoms with Gasteiger partial charge in [0, 0.05) is 29.4 Å². The summed E-state index contributed by atoms with van der Waals surface area (Å²) in [6.45, 7) is 2.33. The molecule has 1 aliphatic heterocycles. The Labute approximate surface area is 164 Å². The topological polar surface area (TPSA) is 59.0 Å². The zero-order chi connectivity index (χ0) is 17.3. The molecule has 1 aromatic heterocycles. The Morgan fingerprint density at radius 1 is 1.19 bits per heavy atom. The molecule has 2 aromatic rings. The van der Waals surface area contributed by atoms with Crippen molar-refractivity contribution in [3.63, 3.8) is 0 Å². The molecule has 2 aliphatic rings. The fourth-order valence-corrected chi connectivity index (χ4v) is 3.98. The summed E-state index contributed by atoms with van der Waals surface area (Å²) in [6, 6.07) is 9.89. The lowest BCUT2D eigenvalue weighted by molar-refractivity contribution is -0.132. The maximum Gasteiger partial charge on any atom is 0.248 e. The van der Waals surface area contributed by atoms with Gasteiger partial charge >= 0.3 is 0 Å². The van der Waals surface area contributed by atoms with Gasteiger partial charge in [-0.2, -0.15) is 5.10 Å². The first-order valence-corrected chi connectivity index (χ1v) is 9.28. The van der Waals surface area contributed by atoms with Gasteiger partial charge in [-0.25, -0.2) is 0 Å². The number of halogens is 2. The molecule has 7 heteroatoms. The van der Waals surface area contributed by atoms with Crippen molar-refractivity contribution >= 4 is 29.9 Å². The first-order valence-electron chi connectivity index (χ1n) is 8.90. The monoisotopic (exact) mass is 394 g/mol. The van der Waals surface area contributed by atoms with Crippen LogP contribution in [0.1, 0.15) is 31.2 Å². The number of hydrogen-bond acceptors (Lipinski definition) is 3. The van der Waals surface area contributed by atoms with Crippen molar-refractivity contribution in [2.75, 3.05) is 19.6 Å². The lowest BCUT2D eigenvalue weighted by Crippen LogP contribution is -2.55. The summed E-state index contributed by atoms with van der Waals surface area (Å²) in [4.78, 5) is 13.2. The Bertz CT molecular complexity index is 735. The van der Waals surface area contributed by atoms with Gasteiger partial charge in [-0.05, 0) is 62.5 Å². The van der Waals surface area contributed by atoms with Crippen LogP contribution in [0.3, 0.4) is 0 Å². The molecule has 26 heavy (non-hydrogen) atoms. The highest BCUT2D eigenvalue weighted by molar-refractivity contribution is 6.30. The van der Waals surface area contributed by atoms with Crippen molar-refractivity contribution in [1.82, 2.24) is 20.4 Å². The fraction of sp³-hybridized carbons (Fsp3) is 0.474. The fourth-order valence-electron chi connectivity index (χ4n) is 3.86. The van der Waals surface area contributed by atoms with Crippen molar-refractivity contribution in [2.24, 2.45) is 0 Å². The molecule has 2 N–H and O–H groups in total. The number of hydrogen-bond donors (Lipinski definition) is 2. The van der Waals surface area contributed by atoms with E-state index in [2.05, 4.69) is 27.9 Å². The first-order chi connectivity index (χ1) is 12.1. The maximum absolute atomic E-state index is 13.2. The predicted molar refractivity (Wildman–Crippen MR) is 105 cm³/mol. The van der Waals surface area contributed by atoms with E-state index in [0.29, 0.717) is 6.54 Å². The minimum Gasteiger partial charge on any atom is -0.353 e. The number of carbonyl (C=O) groups is 1. The van der Waals surface area contributed by atoms with Crippen LogP contribution in [0.15, 0.2) is 42.7 Å². The molecule has 1 saturated heterocycles. The molecule has 5 nitrogen and oxygen atoms in total. The molecule has 0 spiro atoms. The van der Waals surface area contributed by atoms with Crippen LogP contribution in [0.2, 0.25) is 5.02 Å². The summed E-state index contributed by atoms with van der Waals surface area (Å²) in [6.07, 6.45) is 7.36. The Hall–Kier alpha value is -1.56. The minimum atomic E-state index is -0.579. The lowest BCUT2D eigenvalue weighted by Gasteiger charge is -2.37. The molecule has 1 saturated carbocycles. The summed E-state index contributed by atoms with van der Waals surface area (Å²) in [5.74, 6) is 0.0814. The van der Waals surface area contributed by atoms with Crippen molar-refractivity contribution in [1.29, 1.82) is 0 Å². The average molecular weight is 395 g/mol. The van der Waals surface area contributed by atoms with Crippen LogP contribution in [0.5, 0.6) is 0 Å². The molecular formula is C19H24Cl2N4O. The van der Waals surface area contributed by atoms with E-state index in [1.807, 2.05) is 29.1 Å². The Morgan fingerprint density at radius 3 is 2.46 bits per heavy atom. The number of aromatic nitrogens is 2. The minimum absolute atomic E-state index is 0. The summed E-state index contributed by atoms with van der Waals surface area (Å²) >= 11 is 6.00. The maximum atomic E-state index is 13.2. The standard InChI is InChI=1S/C19H23ClN4O.ClH/c20-16-4-2-15(3-5-16)18(6-7-18)14-22-17(25)19(8-11-21-12-9-19)24-13-1-10-23-24;/h1-5,10,13,21H,6-9,11-12,14H2,(H,22,25);1H. The van der Waals surface area contributed by atoms with Gasteiger partial charge in [0.1, 0.15) is 5.54 Å². The molecule has 2 fully saturated rings. The molecule has 1 aliphatic carbocycles. The first kappa shape index (κ1) is 19.2. The van der Waals surface area contributed by atoms with E-state index in [9.17, 15) is 4.79 Å². The molecule has 0 unspecified atom stereocenters. The van der Waals surface area contributed by atoms with E-state index in [0.717, 1.165) is 43.8 Å². The summed E-state index contributed by atoms with van der Waals surface area (Å²) < 4.78 is 1.84. The van der Waals surface area contributed by atoms with Gasteiger partial charge in [0.15, 0.2) is 0 Å².